The Labute approximate surface area is 137 Å². The second-order valence-corrected chi connectivity index (χ2v) is 7.10. The first-order valence-corrected chi connectivity index (χ1v) is 8.45. The summed E-state index contributed by atoms with van der Waals surface area (Å²) < 4.78 is 13.8. The molecular formula is C16H28FN3O3. The minimum atomic E-state index is -0.926. The van der Waals surface area contributed by atoms with E-state index in [1.165, 1.54) is 0 Å². The summed E-state index contributed by atoms with van der Waals surface area (Å²) in [6.07, 6.45) is -0.0428. The first kappa shape index (κ1) is 18.1. The number of alkyl halides is 1. The molecular weight excluding hydrogens is 301 g/mol. The molecule has 2 fully saturated rings. The molecule has 1 amide bonds. The van der Waals surface area contributed by atoms with E-state index in [-0.39, 0.29) is 31.0 Å². The van der Waals surface area contributed by atoms with Crippen LogP contribution < -0.4 is 0 Å². The summed E-state index contributed by atoms with van der Waals surface area (Å²) in [5.41, 5.74) is 0. The van der Waals surface area contributed by atoms with Gasteiger partial charge < -0.3 is 10.0 Å². The van der Waals surface area contributed by atoms with Gasteiger partial charge in [0.1, 0.15) is 6.17 Å². The van der Waals surface area contributed by atoms with Crippen LogP contribution in [0.25, 0.3) is 0 Å². The number of carbonyl (C=O) groups excluding carboxylic acids is 1. The lowest BCUT2D eigenvalue weighted by Crippen LogP contribution is -2.51. The molecule has 0 bridgehead atoms. The van der Waals surface area contributed by atoms with Crippen LogP contribution in [0.2, 0.25) is 0 Å². The predicted molar refractivity (Wildman–Crippen MR) is 85.0 cm³/mol. The second-order valence-electron chi connectivity index (χ2n) is 7.10. The van der Waals surface area contributed by atoms with E-state index in [1.807, 2.05) is 18.7 Å². The molecule has 0 aromatic rings. The fourth-order valence-corrected chi connectivity index (χ4v) is 3.42. The van der Waals surface area contributed by atoms with Crippen LogP contribution in [-0.2, 0) is 9.59 Å². The standard InChI is InChI=1S/C16H28FN3O3/c1-12(2)7-15(21)20-9-13(17)8-14(20)10-18-3-5-19(6-4-18)11-16(22)23/h12-14H,3-11H2,1-2H3,(H,22,23)/t13-,14?/m0/s1. The summed E-state index contributed by atoms with van der Waals surface area (Å²) in [6, 6.07) is -0.0535. The van der Waals surface area contributed by atoms with Crippen molar-refractivity contribution in [1.82, 2.24) is 14.7 Å². The fourth-order valence-electron chi connectivity index (χ4n) is 3.42. The van der Waals surface area contributed by atoms with Gasteiger partial charge in [-0.25, -0.2) is 4.39 Å². The van der Waals surface area contributed by atoms with Crippen molar-refractivity contribution in [3.8, 4) is 0 Å². The maximum absolute atomic E-state index is 13.8. The Morgan fingerprint density at radius 3 is 2.35 bits per heavy atom. The molecule has 6 nitrogen and oxygen atoms in total. The maximum Gasteiger partial charge on any atom is 0.317 e. The van der Waals surface area contributed by atoms with Crippen LogP contribution in [0.15, 0.2) is 0 Å². The minimum absolute atomic E-state index is 0.0506. The summed E-state index contributed by atoms with van der Waals surface area (Å²) in [6.45, 7) is 7.92. The number of amides is 1. The van der Waals surface area contributed by atoms with E-state index in [4.69, 9.17) is 5.11 Å². The molecule has 0 saturated carbocycles. The summed E-state index contributed by atoms with van der Waals surface area (Å²) in [5.74, 6) is -0.476. The van der Waals surface area contributed by atoms with Gasteiger partial charge in [0, 0.05) is 51.6 Å². The van der Waals surface area contributed by atoms with Gasteiger partial charge in [-0.2, -0.15) is 0 Å². The summed E-state index contributed by atoms with van der Waals surface area (Å²) >= 11 is 0. The van der Waals surface area contributed by atoms with Gasteiger partial charge in [0.2, 0.25) is 5.91 Å². The number of likely N-dealkylation sites (tertiary alicyclic amines) is 1. The smallest absolute Gasteiger partial charge is 0.317 e. The Morgan fingerprint density at radius 1 is 1.17 bits per heavy atom. The molecule has 1 unspecified atom stereocenters. The van der Waals surface area contributed by atoms with Crippen LogP contribution >= 0.6 is 0 Å². The number of piperazine rings is 1. The van der Waals surface area contributed by atoms with Crippen molar-refractivity contribution in [3.05, 3.63) is 0 Å². The van der Waals surface area contributed by atoms with Gasteiger partial charge in [0.15, 0.2) is 0 Å². The van der Waals surface area contributed by atoms with E-state index in [9.17, 15) is 14.0 Å². The van der Waals surface area contributed by atoms with E-state index in [0.717, 1.165) is 13.1 Å². The number of halogens is 1. The van der Waals surface area contributed by atoms with E-state index < -0.39 is 12.1 Å². The molecule has 23 heavy (non-hydrogen) atoms. The lowest BCUT2D eigenvalue weighted by atomic mass is 10.1. The largest absolute Gasteiger partial charge is 0.480 e. The number of aliphatic carboxylic acids is 1. The Morgan fingerprint density at radius 2 is 1.78 bits per heavy atom. The fraction of sp³-hybridized carbons (Fsp3) is 0.875. The zero-order valence-corrected chi connectivity index (χ0v) is 14.1. The highest BCUT2D eigenvalue weighted by molar-refractivity contribution is 5.77. The van der Waals surface area contributed by atoms with Crippen molar-refractivity contribution in [3.63, 3.8) is 0 Å². The van der Waals surface area contributed by atoms with Gasteiger partial charge in [0.25, 0.3) is 0 Å². The van der Waals surface area contributed by atoms with Crippen LogP contribution in [0.5, 0.6) is 0 Å². The van der Waals surface area contributed by atoms with Crippen LogP contribution in [0.1, 0.15) is 26.7 Å². The van der Waals surface area contributed by atoms with Crippen molar-refractivity contribution in [1.29, 1.82) is 0 Å². The summed E-state index contributed by atoms with van der Waals surface area (Å²) in [5, 5.41) is 8.82. The third-order valence-electron chi connectivity index (χ3n) is 4.56. The van der Waals surface area contributed by atoms with Crippen molar-refractivity contribution in [2.75, 3.05) is 45.8 Å². The van der Waals surface area contributed by atoms with E-state index in [0.29, 0.717) is 32.5 Å². The summed E-state index contributed by atoms with van der Waals surface area (Å²) in [4.78, 5) is 28.9. The van der Waals surface area contributed by atoms with E-state index >= 15 is 0 Å². The predicted octanol–water partition coefficient (Wildman–Crippen LogP) is 0.674. The molecule has 2 saturated heterocycles. The molecule has 0 radical (unpaired) electrons. The molecule has 2 aliphatic heterocycles. The lowest BCUT2D eigenvalue weighted by molar-refractivity contribution is -0.139. The Kier molecular flexibility index (Phi) is 6.35. The normalized spacial score (nSPS) is 26.9. The number of hydrogen-bond donors (Lipinski definition) is 1. The first-order valence-electron chi connectivity index (χ1n) is 8.45. The van der Waals surface area contributed by atoms with Crippen molar-refractivity contribution < 1.29 is 19.1 Å². The zero-order chi connectivity index (χ0) is 17.0. The van der Waals surface area contributed by atoms with Gasteiger partial charge in [-0.3, -0.25) is 19.4 Å². The van der Waals surface area contributed by atoms with Gasteiger partial charge in [0.05, 0.1) is 13.1 Å². The highest BCUT2D eigenvalue weighted by Gasteiger charge is 2.36. The van der Waals surface area contributed by atoms with Crippen molar-refractivity contribution >= 4 is 11.9 Å². The highest BCUT2D eigenvalue weighted by atomic mass is 19.1. The van der Waals surface area contributed by atoms with Crippen LogP contribution in [-0.4, -0.2) is 89.7 Å². The van der Waals surface area contributed by atoms with Gasteiger partial charge in [-0.15, -0.1) is 0 Å². The second kappa shape index (κ2) is 8.06. The molecule has 132 valence electrons. The lowest BCUT2D eigenvalue weighted by Gasteiger charge is -2.37. The molecule has 0 aromatic carbocycles. The number of carbonyl (C=O) groups is 2. The van der Waals surface area contributed by atoms with Crippen LogP contribution in [0.4, 0.5) is 4.39 Å². The SMILES string of the molecule is CC(C)CC(=O)N1C[C@@H](F)CC1CN1CCN(CC(=O)O)CC1. The number of rotatable bonds is 6. The Hall–Kier alpha value is -1.21. The van der Waals surface area contributed by atoms with E-state index in [1.54, 1.807) is 4.90 Å². The molecule has 2 heterocycles. The molecule has 2 aliphatic rings. The monoisotopic (exact) mass is 329 g/mol. The summed E-state index contributed by atoms with van der Waals surface area (Å²) in [7, 11) is 0. The first-order chi connectivity index (χ1) is 10.8. The maximum atomic E-state index is 13.8. The highest BCUT2D eigenvalue weighted by Crippen LogP contribution is 2.23. The van der Waals surface area contributed by atoms with Gasteiger partial charge >= 0.3 is 5.97 Å². The third kappa shape index (κ3) is 5.42. The molecule has 0 aliphatic carbocycles. The van der Waals surface area contributed by atoms with Crippen LogP contribution in [0.3, 0.4) is 0 Å². The molecule has 1 N–H and O–H groups in total. The topological polar surface area (TPSA) is 64.1 Å². The number of hydrogen-bond acceptors (Lipinski definition) is 4. The minimum Gasteiger partial charge on any atom is -0.480 e. The molecule has 0 aromatic heterocycles. The Balaban J connectivity index is 1.84. The van der Waals surface area contributed by atoms with Crippen molar-refractivity contribution in [2.45, 2.75) is 38.9 Å². The molecule has 0 spiro atoms. The average Bonchev–Trinajstić information content (AvgIpc) is 2.80. The van der Waals surface area contributed by atoms with Crippen molar-refractivity contribution in [2.24, 2.45) is 5.92 Å². The quantitative estimate of drug-likeness (QED) is 0.776. The zero-order valence-electron chi connectivity index (χ0n) is 14.1. The van der Waals surface area contributed by atoms with Crippen LogP contribution in [0, 0.1) is 5.92 Å². The molecule has 2 rings (SSSR count). The average molecular weight is 329 g/mol. The van der Waals surface area contributed by atoms with Gasteiger partial charge in [-0.05, 0) is 5.92 Å². The number of carboxylic acid groups (broad SMARTS) is 1. The number of nitrogens with zero attached hydrogens (tertiary/aromatic N) is 3. The van der Waals surface area contributed by atoms with E-state index in [2.05, 4.69) is 4.90 Å². The van der Waals surface area contributed by atoms with Gasteiger partial charge in [-0.1, -0.05) is 13.8 Å². The number of carboxylic acids is 1. The Bertz CT molecular complexity index is 425. The third-order valence-corrected chi connectivity index (χ3v) is 4.56. The molecule has 7 heteroatoms. The molecule has 2 atom stereocenters.